The number of rotatable bonds is 4. The average Bonchev–Trinajstić information content (AvgIpc) is 3.00. The minimum Gasteiger partial charge on any atom is -0.300 e. The summed E-state index contributed by atoms with van der Waals surface area (Å²) in [5.41, 5.74) is 2.35. The molecule has 3 rings (SSSR count). The summed E-state index contributed by atoms with van der Waals surface area (Å²) in [5.74, 6) is -0.329. The van der Waals surface area contributed by atoms with Gasteiger partial charge in [-0.3, -0.25) is 9.59 Å². The van der Waals surface area contributed by atoms with Gasteiger partial charge in [0.2, 0.25) is 0 Å². The highest BCUT2D eigenvalue weighted by molar-refractivity contribution is 7.15. The van der Waals surface area contributed by atoms with Gasteiger partial charge in [0.15, 0.2) is 5.13 Å². The van der Waals surface area contributed by atoms with Crippen LogP contribution in [-0.2, 0) is 4.79 Å². The zero-order valence-electron chi connectivity index (χ0n) is 14.2. The first-order valence-electron chi connectivity index (χ1n) is 7.84. The molecule has 0 saturated carbocycles. The van der Waals surface area contributed by atoms with Crippen molar-refractivity contribution in [3.8, 4) is 11.3 Å². The molecule has 1 aromatic carbocycles. The van der Waals surface area contributed by atoms with E-state index >= 15 is 0 Å². The zero-order chi connectivity index (χ0) is 18.0. The molecule has 2 aromatic heterocycles. The molecule has 1 atom stereocenters. The highest BCUT2D eigenvalue weighted by Crippen LogP contribution is 2.19. The van der Waals surface area contributed by atoms with E-state index in [1.54, 1.807) is 19.2 Å². The van der Waals surface area contributed by atoms with E-state index in [1.807, 2.05) is 38.1 Å². The van der Waals surface area contributed by atoms with E-state index in [4.69, 9.17) is 0 Å². The van der Waals surface area contributed by atoms with Crippen molar-refractivity contribution in [1.29, 1.82) is 0 Å². The number of nitrogens with one attached hydrogen (secondary N) is 1. The van der Waals surface area contributed by atoms with E-state index < -0.39 is 6.04 Å². The van der Waals surface area contributed by atoms with Crippen molar-refractivity contribution in [1.82, 2.24) is 14.8 Å². The zero-order valence-corrected chi connectivity index (χ0v) is 15.0. The number of thiazole rings is 1. The minimum atomic E-state index is -0.748. The molecule has 0 radical (unpaired) electrons. The van der Waals surface area contributed by atoms with Crippen LogP contribution in [0, 0.1) is 13.8 Å². The third-order valence-electron chi connectivity index (χ3n) is 3.77. The Balaban J connectivity index is 1.87. The number of hydrogen-bond acceptors (Lipinski definition) is 5. The van der Waals surface area contributed by atoms with Crippen LogP contribution >= 0.6 is 11.3 Å². The molecule has 2 heterocycles. The molecule has 0 aliphatic heterocycles. The van der Waals surface area contributed by atoms with Crippen molar-refractivity contribution in [3.05, 3.63) is 63.4 Å². The van der Waals surface area contributed by atoms with Crippen LogP contribution in [0.1, 0.15) is 23.4 Å². The fraction of sp³-hybridized carbons (Fsp3) is 0.222. The first kappa shape index (κ1) is 17.0. The van der Waals surface area contributed by atoms with Crippen LogP contribution in [0.4, 0.5) is 5.13 Å². The maximum atomic E-state index is 12.4. The molecular weight excluding hydrogens is 336 g/mol. The van der Waals surface area contributed by atoms with Gasteiger partial charge in [-0.25, -0.2) is 9.67 Å². The maximum Gasteiger partial charge on any atom is 0.267 e. The SMILES string of the molecule is Cc1ccc(-c2ccc(=O)n(C(C)C(=O)Nc3ncc(C)s3)n2)cc1. The number of carbonyl (C=O) groups is 1. The maximum absolute atomic E-state index is 12.4. The van der Waals surface area contributed by atoms with Crippen molar-refractivity contribution < 1.29 is 4.79 Å². The summed E-state index contributed by atoms with van der Waals surface area (Å²) >= 11 is 1.38. The topological polar surface area (TPSA) is 76.9 Å². The number of anilines is 1. The fourth-order valence-corrected chi connectivity index (χ4v) is 2.98. The molecule has 1 amide bonds. The van der Waals surface area contributed by atoms with Crippen LogP contribution in [0.2, 0.25) is 0 Å². The number of hydrogen-bond donors (Lipinski definition) is 1. The summed E-state index contributed by atoms with van der Waals surface area (Å²) in [5, 5.41) is 7.60. The molecule has 1 N–H and O–H groups in total. The van der Waals surface area contributed by atoms with Crippen LogP contribution in [-0.4, -0.2) is 20.7 Å². The summed E-state index contributed by atoms with van der Waals surface area (Å²) in [4.78, 5) is 29.7. The number of carbonyl (C=O) groups excluding carboxylic acids is 1. The number of nitrogens with zero attached hydrogens (tertiary/aromatic N) is 3. The van der Waals surface area contributed by atoms with Gasteiger partial charge < -0.3 is 5.32 Å². The Kier molecular flexibility index (Phi) is 4.76. The molecule has 7 heteroatoms. The number of amides is 1. The lowest BCUT2D eigenvalue weighted by Gasteiger charge is -2.14. The third kappa shape index (κ3) is 3.83. The van der Waals surface area contributed by atoms with Crippen molar-refractivity contribution in [2.24, 2.45) is 0 Å². The van der Waals surface area contributed by atoms with Crippen LogP contribution in [0.5, 0.6) is 0 Å². The quantitative estimate of drug-likeness (QED) is 0.781. The number of aryl methyl sites for hydroxylation is 2. The minimum absolute atomic E-state index is 0.325. The highest BCUT2D eigenvalue weighted by Gasteiger charge is 2.19. The third-order valence-corrected chi connectivity index (χ3v) is 4.60. The Labute approximate surface area is 149 Å². The van der Waals surface area contributed by atoms with Crippen molar-refractivity contribution in [2.45, 2.75) is 26.8 Å². The Morgan fingerprint density at radius 1 is 1.16 bits per heavy atom. The van der Waals surface area contributed by atoms with Crippen LogP contribution in [0.3, 0.4) is 0 Å². The molecule has 0 aliphatic rings. The van der Waals surface area contributed by atoms with Crippen molar-refractivity contribution >= 4 is 22.4 Å². The van der Waals surface area contributed by atoms with E-state index in [9.17, 15) is 9.59 Å². The highest BCUT2D eigenvalue weighted by atomic mass is 32.1. The summed E-state index contributed by atoms with van der Waals surface area (Å²) < 4.78 is 1.20. The molecule has 3 aromatic rings. The van der Waals surface area contributed by atoms with E-state index in [0.29, 0.717) is 10.8 Å². The largest absolute Gasteiger partial charge is 0.300 e. The summed E-state index contributed by atoms with van der Waals surface area (Å²) in [6.45, 7) is 5.56. The second kappa shape index (κ2) is 6.98. The molecule has 128 valence electrons. The monoisotopic (exact) mass is 354 g/mol. The van der Waals surface area contributed by atoms with Crippen molar-refractivity contribution in [2.75, 3.05) is 5.32 Å². The first-order chi connectivity index (χ1) is 11.9. The number of benzene rings is 1. The lowest BCUT2D eigenvalue weighted by Crippen LogP contribution is -2.33. The van der Waals surface area contributed by atoms with Gasteiger partial charge in [0.05, 0.1) is 5.69 Å². The predicted octanol–water partition coefficient (Wildman–Crippen LogP) is 3.18. The Morgan fingerprint density at radius 3 is 2.52 bits per heavy atom. The molecule has 0 fully saturated rings. The molecule has 6 nitrogen and oxygen atoms in total. The van der Waals surface area contributed by atoms with Crippen LogP contribution < -0.4 is 10.9 Å². The van der Waals surface area contributed by atoms with Gasteiger partial charge in [0.25, 0.3) is 11.5 Å². The Hall–Kier alpha value is -2.80. The van der Waals surface area contributed by atoms with Gasteiger partial charge in [-0.15, -0.1) is 11.3 Å². The summed E-state index contributed by atoms with van der Waals surface area (Å²) in [7, 11) is 0. The molecule has 0 saturated heterocycles. The van der Waals surface area contributed by atoms with Gasteiger partial charge in [-0.2, -0.15) is 5.10 Å². The average molecular weight is 354 g/mol. The van der Waals surface area contributed by atoms with Gasteiger partial charge in [-0.1, -0.05) is 29.8 Å². The lowest BCUT2D eigenvalue weighted by atomic mass is 10.1. The van der Waals surface area contributed by atoms with Crippen LogP contribution in [0.25, 0.3) is 11.3 Å². The van der Waals surface area contributed by atoms with E-state index in [2.05, 4.69) is 15.4 Å². The summed E-state index contributed by atoms with van der Waals surface area (Å²) in [6, 6.07) is 10.2. The normalized spacial score (nSPS) is 12.0. The molecule has 0 spiro atoms. The second-order valence-electron chi connectivity index (χ2n) is 5.81. The standard InChI is InChI=1S/C18H18N4O2S/c1-11-4-6-14(7-5-11)15-8-9-16(23)22(21-15)13(3)17(24)20-18-19-10-12(2)25-18/h4-10,13H,1-3H3,(H,19,20,24). The molecule has 1 unspecified atom stereocenters. The van der Waals surface area contributed by atoms with E-state index in [0.717, 1.165) is 16.0 Å². The molecule has 25 heavy (non-hydrogen) atoms. The Morgan fingerprint density at radius 2 is 1.88 bits per heavy atom. The first-order valence-corrected chi connectivity index (χ1v) is 8.66. The predicted molar refractivity (Wildman–Crippen MR) is 98.9 cm³/mol. The van der Waals surface area contributed by atoms with E-state index in [-0.39, 0.29) is 11.5 Å². The van der Waals surface area contributed by atoms with Gasteiger partial charge in [0, 0.05) is 22.7 Å². The van der Waals surface area contributed by atoms with E-state index in [1.165, 1.54) is 22.1 Å². The molecular formula is C18H18N4O2S. The lowest BCUT2D eigenvalue weighted by molar-refractivity contribution is -0.119. The van der Waals surface area contributed by atoms with Gasteiger partial charge in [-0.05, 0) is 26.8 Å². The van der Waals surface area contributed by atoms with Crippen LogP contribution in [0.15, 0.2) is 47.4 Å². The fourth-order valence-electron chi connectivity index (χ4n) is 2.31. The van der Waals surface area contributed by atoms with Gasteiger partial charge >= 0.3 is 0 Å². The smallest absolute Gasteiger partial charge is 0.267 e. The van der Waals surface area contributed by atoms with Crippen molar-refractivity contribution in [3.63, 3.8) is 0 Å². The van der Waals surface area contributed by atoms with Gasteiger partial charge in [0.1, 0.15) is 6.04 Å². The Bertz CT molecular complexity index is 960. The molecule has 0 aliphatic carbocycles. The molecule has 0 bridgehead atoms. The number of aromatic nitrogens is 3. The second-order valence-corrected chi connectivity index (χ2v) is 7.04. The summed E-state index contributed by atoms with van der Waals surface area (Å²) in [6.07, 6.45) is 1.69.